The van der Waals surface area contributed by atoms with Gasteiger partial charge in [-0.2, -0.15) is 0 Å². The van der Waals surface area contributed by atoms with Gasteiger partial charge in [0.25, 0.3) is 5.91 Å². The third kappa shape index (κ3) is 3.16. The fraction of sp³-hybridized carbons (Fsp3) is 0.227. The first-order valence-corrected chi connectivity index (χ1v) is 8.84. The maximum absolute atomic E-state index is 12.6. The van der Waals surface area contributed by atoms with Crippen molar-refractivity contribution < 1.29 is 14.3 Å². The summed E-state index contributed by atoms with van der Waals surface area (Å²) in [4.78, 5) is 12.6. The number of aliphatic hydroxyl groups is 1. The average Bonchev–Trinajstić information content (AvgIpc) is 3.33. The van der Waals surface area contributed by atoms with Crippen molar-refractivity contribution in [3.63, 3.8) is 0 Å². The molecule has 4 rings (SSSR count). The van der Waals surface area contributed by atoms with E-state index in [2.05, 4.69) is 5.32 Å². The zero-order valence-corrected chi connectivity index (χ0v) is 14.4. The number of benzene rings is 2. The van der Waals surface area contributed by atoms with Crippen LogP contribution in [-0.2, 0) is 0 Å². The Hall–Kier alpha value is -2.85. The quantitative estimate of drug-likeness (QED) is 0.703. The number of rotatable bonds is 6. The SMILES string of the molecule is O=C(NCC1(C(O)c2ccccc2)CC1)c1occc1-c1ccccc1. The van der Waals surface area contributed by atoms with Crippen molar-refractivity contribution in [2.24, 2.45) is 5.41 Å². The van der Waals surface area contributed by atoms with Crippen molar-refractivity contribution in [1.82, 2.24) is 5.32 Å². The highest BCUT2D eigenvalue weighted by molar-refractivity contribution is 5.98. The summed E-state index contributed by atoms with van der Waals surface area (Å²) in [7, 11) is 0. The zero-order chi connectivity index (χ0) is 18.0. The largest absolute Gasteiger partial charge is 0.459 e. The number of nitrogens with one attached hydrogen (secondary N) is 1. The van der Waals surface area contributed by atoms with Crippen molar-refractivity contribution >= 4 is 5.91 Å². The molecule has 0 aliphatic heterocycles. The van der Waals surface area contributed by atoms with Gasteiger partial charge in [0.1, 0.15) is 0 Å². The number of carbonyl (C=O) groups is 1. The van der Waals surface area contributed by atoms with E-state index >= 15 is 0 Å². The lowest BCUT2D eigenvalue weighted by molar-refractivity contribution is 0.0792. The van der Waals surface area contributed by atoms with Crippen LogP contribution in [0.15, 0.2) is 77.4 Å². The first-order valence-electron chi connectivity index (χ1n) is 8.84. The first-order chi connectivity index (χ1) is 12.7. The predicted octanol–water partition coefficient (Wildman–Crippen LogP) is 4.19. The fourth-order valence-electron chi connectivity index (χ4n) is 3.36. The molecule has 2 aromatic carbocycles. The maximum Gasteiger partial charge on any atom is 0.287 e. The molecule has 0 bridgehead atoms. The minimum atomic E-state index is -0.575. The second kappa shape index (κ2) is 6.81. The van der Waals surface area contributed by atoms with E-state index in [-0.39, 0.29) is 11.3 Å². The van der Waals surface area contributed by atoms with E-state index in [9.17, 15) is 9.90 Å². The van der Waals surface area contributed by atoms with Gasteiger partial charge in [0.05, 0.1) is 12.4 Å². The van der Waals surface area contributed by atoms with Crippen LogP contribution in [0.2, 0.25) is 0 Å². The number of carbonyl (C=O) groups excluding carboxylic acids is 1. The van der Waals surface area contributed by atoms with Gasteiger partial charge in [0, 0.05) is 17.5 Å². The lowest BCUT2D eigenvalue weighted by atomic mass is 9.92. The lowest BCUT2D eigenvalue weighted by Crippen LogP contribution is -2.33. The average molecular weight is 347 g/mol. The third-order valence-electron chi connectivity index (χ3n) is 5.14. The van der Waals surface area contributed by atoms with Gasteiger partial charge in [-0.3, -0.25) is 4.79 Å². The fourth-order valence-corrected chi connectivity index (χ4v) is 3.36. The van der Waals surface area contributed by atoms with Gasteiger partial charge in [-0.05, 0) is 30.0 Å². The molecule has 1 aliphatic carbocycles. The summed E-state index contributed by atoms with van der Waals surface area (Å²) in [6, 6.07) is 21.1. The van der Waals surface area contributed by atoms with E-state index in [0.29, 0.717) is 12.3 Å². The second-order valence-corrected chi connectivity index (χ2v) is 6.89. The van der Waals surface area contributed by atoms with E-state index < -0.39 is 6.10 Å². The molecule has 0 spiro atoms. The molecule has 1 fully saturated rings. The van der Waals surface area contributed by atoms with Gasteiger partial charge >= 0.3 is 0 Å². The van der Waals surface area contributed by atoms with Crippen molar-refractivity contribution in [2.75, 3.05) is 6.54 Å². The molecular formula is C22H21NO3. The smallest absolute Gasteiger partial charge is 0.287 e. The molecule has 2 N–H and O–H groups in total. The Morgan fingerprint density at radius 2 is 1.69 bits per heavy atom. The van der Waals surface area contributed by atoms with Crippen LogP contribution in [0.5, 0.6) is 0 Å². The molecule has 132 valence electrons. The highest BCUT2D eigenvalue weighted by atomic mass is 16.3. The van der Waals surface area contributed by atoms with Crippen LogP contribution in [-0.4, -0.2) is 17.6 Å². The monoisotopic (exact) mass is 347 g/mol. The van der Waals surface area contributed by atoms with E-state index in [1.54, 1.807) is 6.07 Å². The Bertz CT molecular complexity index is 882. The van der Waals surface area contributed by atoms with E-state index in [0.717, 1.165) is 29.5 Å². The van der Waals surface area contributed by atoms with Crippen LogP contribution in [0.4, 0.5) is 0 Å². The summed E-state index contributed by atoms with van der Waals surface area (Å²) in [5.74, 6) is 0.0570. The van der Waals surface area contributed by atoms with E-state index in [4.69, 9.17) is 4.42 Å². The maximum atomic E-state index is 12.6. The summed E-state index contributed by atoms with van der Waals surface area (Å²) in [6.45, 7) is 0.427. The van der Waals surface area contributed by atoms with Crippen molar-refractivity contribution in [1.29, 1.82) is 0 Å². The zero-order valence-electron chi connectivity index (χ0n) is 14.4. The van der Waals surface area contributed by atoms with Crippen LogP contribution in [0, 0.1) is 5.41 Å². The van der Waals surface area contributed by atoms with Crippen LogP contribution < -0.4 is 5.32 Å². The molecular weight excluding hydrogens is 326 g/mol. The van der Waals surface area contributed by atoms with Crippen LogP contribution in [0.1, 0.15) is 35.1 Å². The predicted molar refractivity (Wildman–Crippen MR) is 99.5 cm³/mol. The lowest BCUT2D eigenvalue weighted by Gasteiger charge is -2.23. The van der Waals surface area contributed by atoms with Crippen molar-refractivity contribution in [3.05, 3.63) is 84.3 Å². The molecule has 4 heteroatoms. The summed E-state index contributed by atoms with van der Waals surface area (Å²) in [5.41, 5.74) is 2.33. The van der Waals surface area contributed by atoms with Gasteiger partial charge < -0.3 is 14.8 Å². The second-order valence-electron chi connectivity index (χ2n) is 6.89. The standard InChI is InChI=1S/C22H21NO3/c24-20(17-9-5-2-6-10-17)22(12-13-22)15-23-21(25)19-18(11-14-26-19)16-7-3-1-4-8-16/h1-11,14,20,24H,12-13,15H2,(H,23,25). The highest BCUT2D eigenvalue weighted by Gasteiger charge is 2.49. The Morgan fingerprint density at radius 1 is 1.04 bits per heavy atom. The van der Waals surface area contributed by atoms with Crippen LogP contribution in [0.25, 0.3) is 11.1 Å². The molecule has 1 atom stereocenters. The number of amides is 1. The molecule has 1 amide bonds. The molecule has 3 aromatic rings. The molecule has 1 saturated carbocycles. The molecule has 1 unspecified atom stereocenters. The number of furan rings is 1. The Labute approximate surface area is 152 Å². The number of hydrogen-bond acceptors (Lipinski definition) is 3. The van der Waals surface area contributed by atoms with Crippen molar-refractivity contribution in [3.8, 4) is 11.1 Å². The Morgan fingerprint density at radius 3 is 2.35 bits per heavy atom. The summed E-state index contributed by atoms with van der Waals surface area (Å²) < 4.78 is 5.44. The van der Waals surface area contributed by atoms with E-state index in [1.807, 2.05) is 60.7 Å². The Kier molecular flexibility index (Phi) is 4.35. The molecule has 0 saturated heterocycles. The molecule has 0 radical (unpaired) electrons. The van der Waals surface area contributed by atoms with Gasteiger partial charge in [-0.1, -0.05) is 60.7 Å². The van der Waals surface area contributed by atoms with Gasteiger partial charge in [-0.25, -0.2) is 0 Å². The number of aliphatic hydroxyl groups excluding tert-OH is 1. The molecule has 1 aromatic heterocycles. The van der Waals surface area contributed by atoms with Crippen molar-refractivity contribution in [2.45, 2.75) is 18.9 Å². The molecule has 1 heterocycles. The van der Waals surface area contributed by atoms with E-state index in [1.165, 1.54) is 6.26 Å². The summed E-state index contributed by atoms with van der Waals surface area (Å²) >= 11 is 0. The van der Waals surface area contributed by atoms with Crippen LogP contribution >= 0.6 is 0 Å². The minimum Gasteiger partial charge on any atom is -0.459 e. The third-order valence-corrected chi connectivity index (χ3v) is 5.14. The summed E-state index contributed by atoms with van der Waals surface area (Å²) in [6.07, 6.45) is 2.75. The summed E-state index contributed by atoms with van der Waals surface area (Å²) in [5, 5.41) is 13.7. The van der Waals surface area contributed by atoms with Gasteiger partial charge in [-0.15, -0.1) is 0 Å². The molecule has 1 aliphatic rings. The van der Waals surface area contributed by atoms with Gasteiger partial charge in [0.15, 0.2) is 5.76 Å². The minimum absolute atomic E-state index is 0.250. The molecule has 4 nitrogen and oxygen atoms in total. The number of hydrogen-bond donors (Lipinski definition) is 2. The molecule has 26 heavy (non-hydrogen) atoms. The Balaban J connectivity index is 1.46. The van der Waals surface area contributed by atoms with Gasteiger partial charge in [0.2, 0.25) is 0 Å². The van der Waals surface area contributed by atoms with Crippen LogP contribution in [0.3, 0.4) is 0 Å². The first kappa shape index (κ1) is 16.6. The highest BCUT2D eigenvalue weighted by Crippen LogP contribution is 2.54. The normalized spacial score (nSPS) is 16.0. The topological polar surface area (TPSA) is 62.5 Å².